The van der Waals surface area contributed by atoms with Crippen molar-refractivity contribution in [2.24, 2.45) is 0 Å². The van der Waals surface area contributed by atoms with Crippen molar-refractivity contribution in [1.29, 1.82) is 0 Å². The number of carbonyl (C=O) groups is 2. The van der Waals surface area contributed by atoms with Gasteiger partial charge in [0.1, 0.15) is 18.2 Å². The van der Waals surface area contributed by atoms with Gasteiger partial charge in [-0.3, -0.25) is 9.59 Å². The van der Waals surface area contributed by atoms with Crippen LogP contribution in [0.15, 0.2) is 78.9 Å². The minimum absolute atomic E-state index is 0.0434. The third-order valence-corrected chi connectivity index (χ3v) is 6.13. The van der Waals surface area contributed by atoms with Crippen molar-refractivity contribution in [2.75, 3.05) is 18.4 Å². The van der Waals surface area contributed by atoms with Crippen LogP contribution < -0.4 is 5.32 Å². The Bertz CT molecular complexity index is 1400. The second kappa shape index (κ2) is 11.6. The fourth-order valence-corrected chi connectivity index (χ4v) is 4.21. The highest BCUT2D eigenvalue weighted by atomic mass is 19.1. The molecule has 4 aromatic rings. The maximum Gasteiger partial charge on any atom is 0.257 e. The molecule has 0 radical (unpaired) electrons. The molecule has 2 amide bonds. The van der Waals surface area contributed by atoms with Gasteiger partial charge in [-0.05, 0) is 44.0 Å². The van der Waals surface area contributed by atoms with Crippen LogP contribution in [0.5, 0.6) is 0 Å². The number of hydrogen-bond donors (Lipinski definition) is 1. The molecule has 1 heterocycles. The Balaban J connectivity index is 1.64. The van der Waals surface area contributed by atoms with E-state index in [1.165, 1.54) is 23.1 Å². The largest absolute Gasteiger partial charge is 0.329 e. The van der Waals surface area contributed by atoms with E-state index in [9.17, 15) is 14.0 Å². The van der Waals surface area contributed by atoms with E-state index in [2.05, 4.69) is 11.4 Å². The van der Waals surface area contributed by atoms with E-state index in [1.807, 2.05) is 69.3 Å². The summed E-state index contributed by atoms with van der Waals surface area (Å²) in [6, 6.07) is 23.4. The predicted octanol–water partition coefficient (Wildman–Crippen LogP) is 6.18. The number of amides is 2. The van der Waals surface area contributed by atoms with Gasteiger partial charge in [-0.25, -0.2) is 9.07 Å². The van der Waals surface area contributed by atoms with E-state index in [-0.39, 0.29) is 18.0 Å². The SMILES string of the molecule is CCCCN(CC(=O)Nc1cc(-c2ccccc2)nn1-c1ccc(C)cc1C)C(=O)c1ccccc1F. The van der Waals surface area contributed by atoms with Crippen molar-refractivity contribution in [3.05, 3.63) is 101 Å². The van der Waals surface area contributed by atoms with E-state index < -0.39 is 11.7 Å². The summed E-state index contributed by atoms with van der Waals surface area (Å²) < 4.78 is 16.0. The topological polar surface area (TPSA) is 67.2 Å². The summed E-state index contributed by atoms with van der Waals surface area (Å²) in [7, 11) is 0. The molecule has 0 saturated heterocycles. The summed E-state index contributed by atoms with van der Waals surface area (Å²) in [6.45, 7) is 6.17. The number of rotatable bonds is 9. The van der Waals surface area contributed by atoms with Gasteiger partial charge in [0.05, 0.1) is 16.9 Å². The van der Waals surface area contributed by atoms with Crippen molar-refractivity contribution in [3.63, 3.8) is 0 Å². The van der Waals surface area contributed by atoms with Crippen LogP contribution in [0.2, 0.25) is 0 Å². The smallest absolute Gasteiger partial charge is 0.257 e. The molecule has 37 heavy (non-hydrogen) atoms. The zero-order valence-corrected chi connectivity index (χ0v) is 21.4. The number of unbranched alkanes of at least 4 members (excludes halogenated alkanes) is 1. The van der Waals surface area contributed by atoms with Gasteiger partial charge in [0.25, 0.3) is 5.91 Å². The first-order valence-corrected chi connectivity index (χ1v) is 12.4. The highest BCUT2D eigenvalue weighted by Crippen LogP contribution is 2.26. The lowest BCUT2D eigenvalue weighted by molar-refractivity contribution is -0.117. The monoisotopic (exact) mass is 498 g/mol. The Morgan fingerprint density at radius 3 is 2.41 bits per heavy atom. The first-order valence-electron chi connectivity index (χ1n) is 12.4. The minimum Gasteiger partial charge on any atom is -0.329 e. The molecule has 0 spiro atoms. The standard InChI is InChI=1S/C30H31FN4O2/c1-4-5-17-34(30(37)24-13-9-10-14-25(24)31)20-29(36)32-28-19-26(23-11-7-6-8-12-23)33-35(28)27-16-15-21(2)18-22(27)3/h6-16,18-19H,4-5,17,20H2,1-3H3,(H,32,36). The molecule has 1 N–H and O–H groups in total. The molecule has 3 aromatic carbocycles. The van der Waals surface area contributed by atoms with Gasteiger partial charge in [0.15, 0.2) is 0 Å². The van der Waals surface area contributed by atoms with Crippen molar-refractivity contribution < 1.29 is 14.0 Å². The van der Waals surface area contributed by atoms with Crippen LogP contribution in [0.3, 0.4) is 0 Å². The number of nitrogens with zero attached hydrogens (tertiary/aromatic N) is 3. The van der Waals surface area contributed by atoms with Crippen molar-refractivity contribution in [3.8, 4) is 16.9 Å². The van der Waals surface area contributed by atoms with Crippen LogP contribution in [-0.4, -0.2) is 39.6 Å². The minimum atomic E-state index is -0.602. The summed E-state index contributed by atoms with van der Waals surface area (Å²) in [5, 5.41) is 7.73. The quantitative estimate of drug-likeness (QED) is 0.300. The van der Waals surface area contributed by atoms with Crippen LogP contribution in [0, 0.1) is 19.7 Å². The number of halogens is 1. The average molecular weight is 499 g/mol. The maximum atomic E-state index is 14.3. The van der Waals surface area contributed by atoms with Crippen molar-refractivity contribution >= 4 is 17.6 Å². The zero-order chi connectivity index (χ0) is 26.4. The first kappa shape index (κ1) is 25.8. The van der Waals surface area contributed by atoms with Crippen molar-refractivity contribution in [1.82, 2.24) is 14.7 Å². The highest BCUT2D eigenvalue weighted by Gasteiger charge is 2.22. The third-order valence-electron chi connectivity index (χ3n) is 6.13. The van der Waals surface area contributed by atoms with Crippen LogP contribution >= 0.6 is 0 Å². The summed E-state index contributed by atoms with van der Waals surface area (Å²) in [6.07, 6.45) is 1.54. The lowest BCUT2D eigenvalue weighted by atomic mass is 10.1. The molecule has 6 nitrogen and oxygen atoms in total. The zero-order valence-electron chi connectivity index (χ0n) is 21.4. The fraction of sp³-hybridized carbons (Fsp3) is 0.233. The molecule has 0 fully saturated rings. The molecule has 190 valence electrons. The van der Waals surface area contributed by atoms with Gasteiger partial charge in [-0.2, -0.15) is 5.10 Å². The third kappa shape index (κ3) is 6.12. The van der Waals surface area contributed by atoms with Crippen LogP contribution in [0.1, 0.15) is 41.3 Å². The Hall–Kier alpha value is -4.26. The fourth-order valence-electron chi connectivity index (χ4n) is 4.21. The molecular weight excluding hydrogens is 467 g/mol. The van der Waals surface area contributed by atoms with Crippen LogP contribution in [0.25, 0.3) is 16.9 Å². The average Bonchev–Trinajstić information content (AvgIpc) is 3.30. The van der Waals surface area contributed by atoms with Crippen LogP contribution in [-0.2, 0) is 4.79 Å². The number of nitrogens with one attached hydrogen (secondary N) is 1. The summed E-state index contributed by atoms with van der Waals surface area (Å²) in [4.78, 5) is 27.7. The molecule has 0 saturated carbocycles. The van der Waals surface area contributed by atoms with E-state index >= 15 is 0 Å². The molecule has 7 heteroatoms. The predicted molar refractivity (Wildman–Crippen MR) is 144 cm³/mol. The molecule has 4 rings (SSSR count). The Morgan fingerprint density at radius 1 is 0.973 bits per heavy atom. The maximum absolute atomic E-state index is 14.3. The Kier molecular flexibility index (Phi) is 8.13. The van der Waals surface area contributed by atoms with Gasteiger partial charge in [-0.1, -0.05) is 73.5 Å². The van der Waals surface area contributed by atoms with E-state index in [0.29, 0.717) is 24.5 Å². The van der Waals surface area contributed by atoms with E-state index in [4.69, 9.17) is 5.10 Å². The lowest BCUT2D eigenvalue weighted by Gasteiger charge is -2.22. The molecule has 0 aliphatic rings. The van der Waals surface area contributed by atoms with Gasteiger partial charge in [0.2, 0.25) is 5.91 Å². The van der Waals surface area contributed by atoms with Crippen LogP contribution in [0.4, 0.5) is 10.2 Å². The molecule has 0 unspecified atom stereocenters. The van der Waals surface area contributed by atoms with Gasteiger partial charge in [-0.15, -0.1) is 0 Å². The molecule has 0 bridgehead atoms. The first-order chi connectivity index (χ1) is 17.9. The number of carbonyl (C=O) groups excluding carboxylic acids is 2. The number of aryl methyl sites for hydroxylation is 2. The van der Waals surface area contributed by atoms with Gasteiger partial charge < -0.3 is 10.2 Å². The van der Waals surface area contributed by atoms with E-state index in [1.54, 1.807) is 10.7 Å². The summed E-state index contributed by atoms with van der Waals surface area (Å²) in [5.74, 6) is -1.000. The normalized spacial score (nSPS) is 10.8. The number of hydrogen-bond acceptors (Lipinski definition) is 3. The number of benzene rings is 3. The lowest BCUT2D eigenvalue weighted by Crippen LogP contribution is -2.39. The van der Waals surface area contributed by atoms with Gasteiger partial charge >= 0.3 is 0 Å². The molecule has 0 aliphatic carbocycles. The second-order valence-corrected chi connectivity index (χ2v) is 9.09. The molecule has 0 aliphatic heterocycles. The van der Waals surface area contributed by atoms with E-state index in [0.717, 1.165) is 28.8 Å². The molecule has 0 atom stereocenters. The number of aromatic nitrogens is 2. The molecular formula is C30H31FN4O2. The Morgan fingerprint density at radius 2 is 1.70 bits per heavy atom. The highest BCUT2D eigenvalue weighted by molar-refractivity contribution is 5.99. The van der Waals surface area contributed by atoms with Gasteiger partial charge in [0, 0.05) is 18.2 Å². The molecule has 1 aromatic heterocycles. The van der Waals surface area contributed by atoms with Crippen molar-refractivity contribution in [2.45, 2.75) is 33.6 Å². The summed E-state index contributed by atoms with van der Waals surface area (Å²) in [5.41, 5.74) is 4.56. The number of anilines is 1. The second-order valence-electron chi connectivity index (χ2n) is 9.09. The summed E-state index contributed by atoms with van der Waals surface area (Å²) >= 11 is 0. The Labute approximate surface area is 216 Å².